The lowest BCUT2D eigenvalue weighted by atomic mass is 10.2. The Morgan fingerprint density at radius 1 is 1.60 bits per heavy atom. The molecule has 0 bridgehead atoms. The van der Waals surface area contributed by atoms with Gasteiger partial charge in [0.1, 0.15) is 4.60 Å². The van der Waals surface area contributed by atoms with Gasteiger partial charge in [-0.2, -0.15) is 0 Å². The highest BCUT2D eigenvalue weighted by Crippen LogP contribution is 2.05. The molecule has 10 heavy (non-hydrogen) atoms. The van der Waals surface area contributed by atoms with E-state index in [0.29, 0.717) is 6.42 Å². The third-order valence-corrected chi connectivity index (χ3v) is 1.56. The molecule has 0 saturated heterocycles. The summed E-state index contributed by atoms with van der Waals surface area (Å²) in [5.74, 6) is 2.55. The van der Waals surface area contributed by atoms with Gasteiger partial charge in [0.25, 0.3) is 0 Å². The summed E-state index contributed by atoms with van der Waals surface area (Å²) in [5.41, 5.74) is 1.07. The van der Waals surface area contributed by atoms with Crippen LogP contribution >= 0.6 is 15.9 Å². The van der Waals surface area contributed by atoms with Gasteiger partial charge in [-0.05, 0) is 27.6 Å². The van der Waals surface area contributed by atoms with Crippen LogP contribution in [0.3, 0.4) is 0 Å². The van der Waals surface area contributed by atoms with Crippen LogP contribution in [0.1, 0.15) is 5.56 Å². The first kappa shape index (κ1) is 7.30. The Bertz CT molecular complexity index is 245. The number of hydrogen-bond acceptors (Lipinski definition) is 1. The lowest BCUT2D eigenvalue weighted by Gasteiger charge is -1.92. The second kappa shape index (κ2) is 3.38. The predicted molar refractivity (Wildman–Crippen MR) is 44.5 cm³/mol. The number of rotatable bonds is 1. The molecular weight excluding hydrogens is 190 g/mol. The fourth-order valence-electron chi connectivity index (χ4n) is 0.629. The van der Waals surface area contributed by atoms with Crippen molar-refractivity contribution in [3.8, 4) is 12.3 Å². The Labute approximate surface area is 68.6 Å². The smallest absolute Gasteiger partial charge is 0.106 e. The SMILES string of the molecule is C#CCc1ccc(Br)nc1. The Morgan fingerprint density at radius 2 is 2.40 bits per heavy atom. The molecule has 0 atom stereocenters. The van der Waals surface area contributed by atoms with E-state index in [9.17, 15) is 0 Å². The standard InChI is InChI=1S/C8H6BrN/c1-2-3-7-4-5-8(9)10-6-7/h1,4-6H,3H2. The number of nitrogens with zero attached hydrogens (tertiary/aromatic N) is 1. The highest BCUT2D eigenvalue weighted by Gasteiger charge is 1.89. The van der Waals surface area contributed by atoms with E-state index in [0.717, 1.165) is 10.2 Å². The molecular formula is C8H6BrN. The van der Waals surface area contributed by atoms with Crippen LogP contribution in [0.4, 0.5) is 0 Å². The maximum atomic E-state index is 5.11. The Hall–Kier alpha value is -0.810. The van der Waals surface area contributed by atoms with Gasteiger partial charge in [0.05, 0.1) is 0 Å². The number of pyridine rings is 1. The minimum atomic E-state index is 0.653. The summed E-state index contributed by atoms with van der Waals surface area (Å²) in [4.78, 5) is 4.02. The molecule has 0 spiro atoms. The van der Waals surface area contributed by atoms with E-state index in [1.807, 2.05) is 12.1 Å². The molecule has 1 heterocycles. The maximum absolute atomic E-state index is 5.11. The molecule has 50 valence electrons. The number of hydrogen-bond donors (Lipinski definition) is 0. The van der Waals surface area contributed by atoms with Crippen molar-refractivity contribution in [3.63, 3.8) is 0 Å². The quantitative estimate of drug-likeness (QED) is 0.494. The molecule has 0 amide bonds. The molecule has 1 aromatic heterocycles. The van der Waals surface area contributed by atoms with Gasteiger partial charge in [0.15, 0.2) is 0 Å². The Morgan fingerprint density at radius 3 is 2.90 bits per heavy atom. The first-order valence-corrected chi connectivity index (χ1v) is 3.66. The van der Waals surface area contributed by atoms with Gasteiger partial charge < -0.3 is 0 Å². The van der Waals surface area contributed by atoms with Gasteiger partial charge in [-0.1, -0.05) is 6.07 Å². The Kier molecular flexibility index (Phi) is 2.47. The van der Waals surface area contributed by atoms with Crippen LogP contribution in [0.5, 0.6) is 0 Å². The van der Waals surface area contributed by atoms with Crippen LogP contribution in [-0.4, -0.2) is 4.98 Å². The zero-order valence-corrected chi connectivity index (χ0v) is 6.93. The summed E-state index contributed by atoms with van der Waals surface area (Å²) < 4.78 is 0.841. The Balaban J connectivity index is 2.81. The normalized spacial score (nSPS) is 8.80. The fraction of sp³-hybridized carbons (Fsp3) is 0.125. The molecule has 1 aromatic rings. The van der Waals surface area contributed by atoms with Crippen molar-refractivity contribution in [2.24, 2.45) is 0 Å². The number of aromatic nitrogens is 1. The zero-order chi connectivity index (χ0) is 7.40. The van der Waals surface area contributed by atoms with E-state index < -0.39 is 0 Å². The molecule has 0 radical (unpaired) electrons. The van der Waals surface area contributed by atoms with Crippen LogP contribution in [0, 0.1) is 12.3 Å². The van der Waals surface area contributed by atoms with E-state index in [1.165, 1.54) is 0 Å². The molecule has 0 fully saturated rings. The molecule has 1 rings (SSSR count). The average molecular weight is 196 g/mol. The summed E-state index contributed by atoms with van der Waals surface area (Å²) in [7, 11) is 0. The third-order valence-electron chi connectivity index (χ3n) is 1.09. The summed E-state index contributed by atoms with van der Waals surface area (Å²) in [6, 6.07) is 3.84. The lowest BCUT2D eigenvalue weighted by molar-refractivity contribution is 1.19. The second-order valence-corrected chi connectivity index (χ2v) is 2.68. The van der Waals surface area contributed by atoms with Crippen LogP contribution in [0.25, 0.3) is 0 Å². The molecule has 0 unspecified atom stereocenters. The van der Waals surface area contributed by atoms with Gasteiger partial charge in [0.2, 0.25) is 0 Å². The summed E-state index contributed by atoms with van der Waals surface area (Å²) in [5, 5.41) is 0. The van der Waals surface area contributed by atoms with Crippen LogP contribution < -0.4 is 0 Å². The van der Waals surface area contributed by atoms with Gasteiger partial charge in [-0.25, -0.2) is 4.98 Å². The third kappa shape index (κ3) is 1.85. The highest BCUT2D eigenvalue weighted by molar-refractivity contribution is 9.10. The summed E-state index contributed by atoms with van der Waals surface area (Å²) in [6.45, 7) is 0. The average Bonchev–Trinajstić information content (AvgIpc) is 1.95. The first-order chi connectivity index (χ1) is 4.83. The highest BCUT2D eigenvalue weighted by atomic mass is 79.9. The van der Waals surface area contributed by atoms with Gasteiger partial charge in [0, 0.05) is 12.6 Å². The van der Waals surface area contributed by atoms with Crippen molar-refractivity contribution in [1.29, 1.82) is 0 Å². The zero-order valence-electron chi connectivity index (χ0n) is 5.34. The van der Waals surface area contributed by atoms with E-state index in [1.54, 1.807) is 6.20 Å². The molecule has 0 aliphatic rings. The number of terminal acetylenes is 1. The van der Waals surface area contributed by atoms with Crippen molar-refractivity contribution < 1.29 is 0 Å². The van der Waals surface area contributed by atoms with Crippen molar-refractivity contribution in [2.75, 3.05) is 0 Å². The monoisotopic (exact) mass is 195 g/mol. The summed E-state index contributed by atoms with van der Waals surface area (Å²) in [6.07, 6.45) is 7.53. The topological polar surface area (TPSA) is 12.9 Å². The number of halogens is 1. The van der Waals surface area contributed by atoms with Crippen LogP contribution in [0.2, 0.25) is 0 Å². The summed E-state index contributed by atoms with van der Waals surface area (Å²) >= 11 is 3.23. The van der Waals surface area contributed by atoms with E-state index >= 15 is 0 Å². The van der Waals surface area contributed by atoms with Gasteiger partial charge >= 0.3 is 0 Å². The molecule has 0 aliphatic carbocycles. The first-order valence-electron chi connectivity index (χ1n) is 2.87. The molecule has 0 aromatic carbocycles. The molecule has 2 heteroatoms. The minimum absolute atomic E-state index is 0.653. The van der Waals surface area contributed by atoms with E-state index in [2.05, 4.69) is 26.8 Å². The largest absolute Gasteiger partial charge is 0.249 e. The van der Waals surface area contributed by atoms with Gasteiger partial charge in [-0.3, -0.25) is 0 Å². The lowest BCUT2D eigenvalue weighted by Crippen LogP contribution is -1.82. The fourth-order valence-corrected chi connectivity index (χ4v) is 0.863. The molecule has 1 nitrogen and oxygen atoms in total. The minimum Gasteiger partial charge on any atom is -0.249 e. The van der Waals surface area contributed by atoms with E-state index in [-0.39, 0.29) is 0 Å². The molecule has 0 aliphatic heterocycles. The van der Waals surface area contributed by atoms with Crippen LogP contribution in [-0.2, 0) is 6.42 Å². The predicted octanol–water partition coefficient (Wildman–Crippen LogP) is 2.02. The van der Waals surface area contributed by atoms with Crippen molar-refractivity contribution in [1.82, 2.24) is 4.98 Å². The van der Waals surface area contributed by atoms with Crippen molar-refractivity contribution in [2.45, 2.75) is 6.42 Å². The second-order valence-electron chi connectivity index (χ2n) is 1.87. The van der Waals surface area contributed by atoms with Crippen molar-refractivity contribution in [3.05, 3.63) is 28.5 Å². The van der Waals surface area contributed by atoms with E-state index in [4.69, 9.17) is 6.42 Å². The van der Waals surface area contributed by atoms with Gasteiger partial charge in [-0.15, -0.1) is 12.3 Å². The molecule has 0 saturated carbocycles. The molecule has 0 N–H and O–H groups in total. The van der Waals surface area contributed by atoms with Crippen molar-refractivity contribution >= 4 is 15.9 Å². The van der Waals surface area contributed by atoms with Crippen LogP contribution in [0.15, 0.2) is 22.9 Å². The maximum Gasteiger partial charge on any atom is 0.106 e.